The van der Waals surface area contributed by atoms with E-state index in [1.165, 1.54) is 12.0 Å². The molecule has 5 heteroatoms. The molecule has 0 unspecified atom stereocenters. The molecule has 0 amide bonds. The standard InChI is InChI=1S/C14H16N2.C4H11N.CH4O.CH2O.H2/c1-2-7-12-8-3-4-9-13(12)16-14-10-5-6-11-15-14;1-3-4-5-2;2*1-2;/h3-6,8-11H,2,7H2,1H3,(H,15,16);5H,3-4H2,1-2H3;2H,1H3;1H2;1H. The van der Waals surface area contributed by atoms with Gasteiger partial charge in [0.15, 0.2) is 0 Å². The van der Waals surface area contributed by atoms with Gasteiger partial charge in [0.1, 0.15) is 12.6 Å². The van der Waals surface area contributed by atoms with Gasteiger partial charge in [-0.05, 0) is 50.2 Å². The average molecular weight is 350 g/mol. The number of benzene rings is 1. The highest BCUT2D eigenvalue weighted by molar-refractivity contribution is 5.60. The molecule has 0 aliphatic carbocycles. The normalized spacial score (nSPS) is 8.52. The zero-order chi connectivity index (χ0) is 19.3. The largest absolute Gasteiger partial charge is 0.400 e. The molecular formula is C20H35N3O2. The van der Waals surface area contributed by atoms with Crippen molar-refractivity contribution in [1.29, 1.82) is 0 Å². The molecular weight excluding hydrogens is 314 g/mol. The fourth-order valence-corrected chi connectivity index (χ4v) is 1.95. The Hall–Kier alpha value is -2.24. The van der Waals surface area contributed by atoms with Crippen LogP contribution in [0.15, 0.2) is 48.7 Å². The van der Waals surface area contributed by atoms with Crippen molar-refractivity contribution in [1.82, 2.24) is 10.3 Å². The van der Waals surface area contributed by atoms with Gasteiger partial charge in [-0.15, -0.1) is 0 Å². The highest BCUT2D eigenvalue weighted by atomic mass is 16.2. The minimum Gasteiger partial charge on any atom is -0.400 e. The zero-order valence-corrected chi connectivity index (χ0v) is 16.0. The Morgan fingerprint density at radius 1 is 1.04 bits per heavy atom. The van der Waals surface area contributed by atoms with Crippen LogP contribution in [0.5, 0.6) is 0 Å². The summed E-state index contributed by atoms with van der Waals surface area (Å²) in [6.45, 7) is 7.48. The van der Waals surface area contributed by atoms with Crippen LogP contribution in [0.25, 0.3) is 0 Å². The Labute approximate surface area is 154 Å². The molecule has 0 saturated carbocycles. The number of hydrogen-bond donors (Lipinski definition) is 3. The number of carbonyl (C=O) groups excluding carboxylic acids is 1. The fraction of sp³-hybridized carbons (Fsp3) is 0.400. The van der Waals surface area contributed by atoms with E-state index < -0.39 is 0 Å². The summed E-state index contributed by atoms with van der Waals surface area (Å²) in [5.74, 6) is 0.894. The number of aliphatic hydroxyl groups is 1. The fourth-order valence-electron chi connectivity index (χ4n) is 1.95. The summed E-state index contributed by atoms with van der Waals surface area (Å²) in [7, 11) is 2.96. The predicted molar refractivity (Wildman–Crippen MR) is 110 cm³/mol. The summed E-state index contributed by atoms with van der Waals surface area (Å²) in [5, 5.41) is 13.4. The Balaban J connectivity index is -0.000000454. The second-order valence-corrected chi connectivity index (χ2v) is 4.85. The molecule has 142 valence electrons. The number of pyridine rings is 1. The van der Waals surface area contributed by atoms with Crippen molar-refractivity contribution in [2.45, 2.75) is 33.1 Å². The minimum absolute atomic E-state index is 0. The summed E-state index contributed by atoms with van der Waals surface area (Å²) in [6, 6.07) is 14.3. The smallest absolute Gasteiger partial charge is 0.130 e. The van der Waals surface area contributed by atoms with Crippen LogP contribution in [0.3, 0.4) is 0 Å². The van der Waals surface area contributed by atoms with Gasteiger partial charge in [-0.1, -0.05) is 44.5 Å². The van der Waals surface area contributed by atoms with Crippen LogP contribution in [0, 0.1) is 0 Å². The summed E-state index contributed by atoms with van der Waals surface area (Å²) < 4.78 is 0. The highest BCUT2D eigenvalue weighted by Gasteiger charge is 2.00. The van der Waals surface area contributed by atoms with Crippen molar-refractivity contribution in [2.24, 2.45) is 0 Å². The number of rotatable bonds is 6. The maximum absolute atomic E-state index is 8.00. The first-order valence-electron chi connectivity index (χ1n) is 8.46. The molecule has 0 aliphatic heterocycles. The second-order valence-electron chi connectivity index (χ2n) is 4.85. The predicted octanol–water partition coefficient (Wildman–Crippen LogP) is 4.06. The third kappa shape index (κ3) is 12.8. The molecule has 0 atom stereocenters. The van der Waals surface area contributed by atoms with Gasteiger partial charge in [0.25, 0.3) is 0 Å². The topological polar surface area (TPSA) is 74.2 Å². The summed E-state index contributed by atoms with van der Waals surface area (Å²) >= 11 is 0. The van der Waals surface area contributed by atoms with Crippen LogP contribution < -0.4 is 10.6 Å². The number of aryl methyl sites for hydroxylation is 1. The molecule has 0 spiro atoms. The molecule has 25 heavy (non-hydrogen) atoms. The number of aliphatic hydroxyl groups excluding tert-OH is 1. The molecule has 1 heterocycles. The van der Waals surface area contributed by atoms with Crippen LogP contribution in [-0.4, -0.2) is 37.6 Å². The lowest BCUT2D eigenvalue weighted by atomic mass is 10.1. The first kappa shape index (κ1) is 25.0. The molecule has 0 bridgehead atoms. The van der Waals surface area contributed by atoms with Crippen LogP contribution in [0.4, 0.5) is 11.5 Å². The van der Waals surface area contributed by atoms with Gasteiger partial charge in [-0.2, -0.15) is 0 Å². The summed E-state index contributed by atoms with van der Waals surface area (Å²) in [6.07, 6.45) is 5.28. The molecule has 0 fully saturated rings. The van der Waals surface area contributed by atoms with E-state index in [0.717, 1.165) is 38.0 Å². The molecule has 2 aromatic rings. The van der Waals surface area contributed by atoms with Gasteiger partial charge in [-0.3, -0.25) is 0 Å². The van der Waals surface area contributed by atoms with Gasteiger partial charge in [0, 0.05) is 20.4 Å². The molecule has 0 radical (unpaired) electrons. The number of nitrogens with one attached hydrogen (secondary N) is 2. The van der Waals surface area contributed by atoms with Crippen molar-refractivity contribution < 1.29 is 11.3 Å². The summed E-state index contributed by atoms with van der Waals surface area (Å²) in [5.41, 5.74) is 2.50. The quantitative estimate of drug-likeness (QED) is 0.733. The lowest BCUT2D eigenvalue weighted by Gasteiger charge is -2.10. The molecule has 5 nitrogen and oxygen atoms in total. The average Bonchev–Trinajstić information content (AvgIpc) is 2.69. The van der Waals surface area contributed by atoms with E-state index in [1.807, 2.05) is 38.1 Å². The number of aromatic nitrogens is 1. The van der Waals surface area contributed by atoms with Crippen molar-refractivity contribution in [3.8, 4) is 0 Å². The first-order valence-corrected chi connectivity index (χ1v) is 8.46. The molecule has 0 saturated heterocycles. The number of hydrogen-bond acceptors (Lipinski definition) is 5. The number of carbonyl (C=O) groups is 1. The first-order chi connectivity index (χ1) is 12.3. The Morgan fingerprint density at radius 2 is 1.68 bits per heavy atom. The van der Waals surface area contributed by atoms with Gasteiger partial charge < -0.3 is 20.5 Å². The molecule has 1 aromatic heterocycles. The highest BCUT2D eigenvalue weighted by Crippen LogP contribution is 2.20. The SMILES string of the molecule is C=O.CCCNC.CCCc1ccccc1Nc1ccccn1.CO.[HH]. The van der Waals surface area contributed by atoms with Crippen molar-refractivity contribution in [3.63, 3.8) is 0 Å². The molecule has 2 rings (SSSR count). The molecule has 3 N–H and O–H groups in total. The van der Waals surface area contributed by atoms with E-state index in [-0.39, 0.29) is 1.43 Å². The Kier molecular flexibility index (Phi) is 19.8. The third-order valence-corrected chi connectivity index (χ3v) is 2.96. The van der Waals surface area contributed by atoms with Gasteiger partial charge >= 0.3 is 0 Å². The number of nitrogens with zero attached hydrogens (tertiary/aromatic N) is 1. The lowest BCUT2D eigenvalue weighted by molar-refractivity contribution is -0.0979. The monoisotopic (exact) mass is 349 g/mol. The Morgan fingerprint density at radius 3 is 2.16 bits per heavy atom. The van der Waals surface area contributed by atoms with Crippen LogP contribution in [0.2, 0.25) is 0 Å². The van der Waals surface area contributed by atoms with Gasteiger partial charge in [0.05, 0.1) is 0 Å². The van der Waals surface area contributed by atoms with Crippen LogP contribution in [0.1, 0.15) is 33.7 Å². The van der Waals surface area contributed by atoms with Crippen LogP contribution in [-0.2, 0) is 11.2 Å². The van der Waals surface area contributed by atoms with E-state index in [4.69, 9.17) is 9.90 Å². The van der Waals surface area contributed by atoms with Crippen molar-refractivity contribution in [3.05, 3.63) is 54.2 Å². The zero-order valence-electron chi connectivity index (χ0n) is 16.0. The van der Waals surface area contributed by atoms with Crippen molar-refractivity contribution in [2.75, 3.05) is 26.0 Å². The minimum atomic E-state index is 0. The second kappa shape index (κ2) is 19.8. The van der Waals surface area contributed by atoms with Crippen LogP contribution >= 0.6 is 0 Å². The molecule has 1 aromatic carbocycles. The van der Waals surface area contributed by atoms with E-state index in [9.17, 15) is 0 Å². The van der Waals surface area contributed by atoms with E-state index in [2.05, 4.69) is 47.7 Å². The number of anilines is 2. The van der Waals surface area contributed by atoms with Crippen molar-refractivity contribution >= 4 is 18.3 Å². The van der Waals surface area contributed by atoms with E-state index in [0.29, 0.717) is 0 Å². The number of para-hydroxylation sites is 1. The van der Waals surface area contributed by atoms with E-state index >= 15 is 0 Å². The van der Waals surface area contributed by atoms with Gasteiger partial charge in [0.2, 0.25) is 0 Å². The maximum atomic E-state index is 8.00. The lowest BCUT2D eigenvalue weighted by Crippen LogP contribution is -2.04. The van der Waals surface area contributed by atoms with Gasteiger partial charge in [-0.25, -0.2) is 4.98 Å². The molecule has 0 aliphatic rings. The Bertz CT molecular complexity index is 511. The maximum Gasteiger partial charge on any atom is 0.130 e. The summed E-state index contributed by atoms with van der Waals surface area (Å²) in [4.78, 5) is 12.3. The van der Waals surface area contributed by atoms with E-state index in [1.54, 1.807) is 6.20 Å². The third-order valence-electron chi connectivity index (χ3n) is 2.96.